The average molecular weight is 548 g/mol. The topological polar surface area (TPSA) is 63.5 Å². The zero-order valence-corrected chi connectivity index (χ0v) is 22.1. The number of imidazole rings is 1. The van der Waals surface area contributed by atoms with E-state index in [1.54, 1.807) is 18.5 Å². The maximum absolute atomic E-state index is 12.5. The first-order valence-corrected chi connectivity index (χ1v) is 12.4. The molecule has 0 saturated heterocycles. The van der Waals surface area contributed by atoms with Crippen LogP contribution in [0.2, 0.25) is 0 Å². The van der Waals surface area contributed by atoms with Crippen LogP contribution < -0.4 is 15.5 Å². The van der Waals surface area contributed by atoms with Crippen molar-refractivity contribution in [1.29, 1.82) is 0 Å². The van der Waals surface area contributed by atoms with Crippen molar-refractivity contribution >= 4 is 50.5 Å². The van der Waals surface area contributed by atoms with Crippen molar-refractivity contribution in [2.24, 2.45) is 5.10 Å². The van der Waals surface area contributed by atoms with E-state index in [0.29, 0.717) is 10.8 Å². The minimum atomic E-state index is -4.73. The summed E-state index contributed by atoms with van der Waals surface area (Å²) in [6.45, 7) is 5.94. The Kier molecular flexibility index (Phi) is 6.96. The molecule has 0 aliphatic carbocycles. The number of aromatic nitrogens is 2. The lowest BCUT2D eigenvalue weighted by Gasteiger charge is -2.13. The van der Waals surface area contributed by atoms with Crippen molar-refractivity contribution in [3.63, 3.8) is 0 Å². The largest absolute Gasteiger partial charge is 0.573 e. The molecule has 2 N–H and O–H groups in total. The fraction of sp³-hybridized carbons (Fsp3) is 0.138. The van der Waals surface area contributed by atoms with Gasteiger partial charge in [0.2, 0.25) is 0 Å². The Labute approximate surface area is 228 Å². The van der Waals surface area contributed by atoms with Crippen LogP contribution in [0, 0.1) is 13.8 Å². The summed E-state index contributed by atoms with van der Waals surface area (Å²) in [5.74, 6) is -0.276. The fourth-order valence-corrected chi connectivity index (χ4v) is 4.55. The lowest BCUT2D eigenvalue weighted by molar-refractivity contribution is -0.274. The molecule has 5 aromatic rings. The summed E-state index contributed by atoms with van der Waals surface area (Å²) in [6.07, 6.45) is -3.08. The number of fused-ring (bicyclic) bond motifs is 3. The van der Waals surface area contributed by atoms with Crippen LogP contribution >= 0.6 is 12.2 Å². The van der Waals surface area contributed by atoms with Gasteiger partial charge in [-0.25, -0.2) is 4.98 Å². The second kappa shape index (κ2) is 10.4. The van der Waals surface area contributed by atoms with E-state index in [0.717, 1.165) is 49.9 Å². The molecule has 0 spiro atoms. The van der Waals surface area contributed by atoms with Crippen molar-refractivity contribution in [3.8, 4) is 11.4 Å². The summed E-state index contributed by atoms with van der Waals surface area (Å²) < 4.78 is 43.2. The number of nitrogens with one attached hydrogen (secondary N) is 2. The first-order chi connectivity index (χ1) is 18.6. The van der Waals surface area contributed by atoms with Gasteiger partial charge in [-0.2, -0.15) is 5.10 Å². The lowest BCUT2D eigenvalue weighted by atomic mass is 10.0. The van der Waals surface area contributed by atoms with E-state index < -0.39 is 6.36 Å². The first-order valence-electron chi connectivity index (χ1n) is 12.0. The van der Waals surface area contributed by atoms with Crippen molar-refractivity contribution in [3.05, 3.63) is 95.8 Å². The molecule has 6 nitrogen and oxygen atoms in total. The van der Waals surface area contributed by atoms with Crippen molar-refractivity contribution in [1.82, 2.24) is 15.0 Å². The molecule has 10 heteroatoms. The number of ether oxygens (including phenoxy) is 1. The van der Waals surface area contributed by atoms with E-state index >= 15 is 0 Å². The molecule has 1 heterocycles. The van der Waals surface area contributed by atoms with Crippen LogP contribution in [0.25, 0.3) is 27.5 Å². The van der Waals surface area contributed by atoms with Crippen LogP contribution in [0.3, 0.4) is 0 Å². The molecular weight excluding hydrogens is 523 g/mol. The normalized spacial score (nSPS) is 12.1. The van der Waals surface area contributed by atoms with E-state index in [4.69, 9.17) is 12.2 Å². The molecule has 0 amide bonds. The number of para-hydroxylation sites is 1. The monoisotopic (exact) mass is 547 g/mol. The van der Waals surface area contributed by atoms with Crippen LogP contribution in [0.4, 0.5) is 18.9 Å². The lowest BCUT2D eigenvalue weighted by Crippen LogP contribution is -2.25. The summed E-state index contributed by atoms with van der Waals surface area (Å²) in [5.41, 5.74) is 10.0. The van der Waals surface area contributed by atoms with Gasteiger partial charge in [-0.15, -0.1) is 13.2 Å². The highest BCUT2D eigenvalue weighted by molar-refractivity contribution is 7.80. The fourth-order valence-electron chi connectivity index (χ4n) is 4.40. The first kappa shape index (κ1) is 26.2. The smallest absolute Gasteiger partial charge is 0.406 e. The van der Waals surface area contributed by atoms with E-state index in [2.05, 4.69) is 25.6 Å². The number of aryl methyl sites for hydroxylation is 2. The van der Waals surface area contributed by atoms with Crippen LogP contribution in [-0.4, -0.2) is 26.7 Å². The molecule has 0 aliphatic rings. The van der Waals surface area contributed by atoms with Crippen molar-refractivity contribution < 1.29 is 17.9 Å². The highest BCUT2D eigenvalue weighted by Crippen LogP contribution is 2.29. The molecule has 39 heavy (non-hydrogen) atoms. The second-order valence-electron chi connectivity index (χ2n) is 9.06. The van der Waals surface area contributed by atoms with Gasteiger partial charge < -0.3 is 10.1 Å². The standard InChI is InChI=1S/C29H24F3N5OS/c1-17-5-4-6-18(2)26(17)34-28(39)36-35-19(3)20-7-13-24-21(15-20)8-14-25-27(24)33-16-37(25)22-9-11-23(12-10-22)38-29(30,31)32/h4-16H,1-3H3,(H2,34,36,39)/b35-19-. The molecule has 0 fully saturated rings. The molecule has 0 bridgehead atoms. The number of benzene rings is 4. The zero-order valence-electron chi connectivity index (χ0n) is 21.3. The van der Waals surface area contributed by atoms with Crippen LogP contribution in [0.1, 0.15) is 23.6 Å². The third-order valence-corrected chi connectivity index (χ3v) is 6.54. The van der Waals surface area contributed by atoms with Gasteiger partial charge in [0.15, 0.2) is 5.11 Å². The van der Waals surface area contributed by atoms with Crippen molar-refractivity contribution in [2.45, 2.75) is 27.1 Å². The SMILES string of the molecule is C/C(=N/NC(=S)Nc1c(C)cccc1C)c1ccc2c(ccc3c2ncn3-c2ccc(OC(F)(F)F)cc2)c1. The van der Waals surface area contributed by atoms with E-state index in [9.17, 15) is 13.2 Å². The minimum Gasteiger partial charge on any atom is -0.406 e. The molecule has 198 valence electrons. The van der Waals surface area contributed by atoms with Gasteiger partial charge in [0.1, 0.15) is 12.1 Å². The molecule has 0 aliphatic heterocycles. The van der Waals surface area contributed by atoms with Gasteiger partial charge in [0, 0.05) is 16.8 Å². The third kappa shape index (κ3) is 5.70. The molecule has 0 atom stereocenters. The van der Waals surface area contributed by atoms with Gasteiger partial charge in [-0.3, -0.25) is 9.99 Å². The molecule has 4 aromatic carbocycles. The summed E-state index contributed by atoms with van der Waals surface area (Å²) >= 11 is 5.43. The van der Waals surface area contributed by atoms with E-state index in [-0.39, 0.29) is 5.75 Å². The predicted molar refractivity (Wildman–Crippen MR) is 153 cm³/mol. The number of anilines is 1. The number of hydrazone groups is 1. The maximum atomic E-state index is 12.5. The van der Waals surface area contributed by atoms with E-state index in [1.165, 1.54) is 12.1 Å². The Morgan fingerprint density at radius 1 is 0.974 bits per heavy atom. The number of rotatable bonds is 5. The maximum Gasteiger partial charge on any atom is 0.573 e. The highest BCUT2D eigenvalue weighted by atomic mass is 32.1. The molecule has 5 rings (SSSR count). The number of nitrogens with zero attached hydrogens (tertiary/aromatic N) is 3. The quantitative estimate of drug-likeness (QED) is 0.136. The summed E-state index contributed by atoms with van der Waals surface area (Å²) in [6, 6.07) is 21.6. The zero-order chi connectivity index (χ0) is 27.7. The van der Waals surface area contributed by atoms with Gasteiger partial charge in [-0.05, 0) is 91.5 Å². The van der Waals surface area contributed by atoms with Gasteiger partial charge in [0.05, 0.1) is 16.7 Å². The Hall–Kier alpha value is -4.44. The Morgan fingerprint density at radius 3 is 2.38 bits per heavy atom. The second-order valence-corrected chi connectivity index (χ2v) is 9.46. The van der Waals surface area contributed by atoms with Crippen LogP contribution in [0.15, 0.2) is 84.2 Å². The Balaban J connectivity index is 1.36. The number of thiocarbonyl (C=S) groups is 1. The molecule has 1 aromatic heterocycles. The molecular formula is C29H24F3N5OS. The van der Waals surface area contributed by atoms with Gasteiger partial charge in [0.25, 0.3) is 0 Å². The summed E-state index contributed by atoms with van der Waals surface area (Å²) in [7, 11) is 0. The van der Waals surface area contributed by atoms with Crippen LogP contribution in [0.5, 0.6) is 5.75 Å². The number of halogens is 3. The average Bonchev–Trinajstić information content (AvgIpc) is 3.33. The predicted octanol–water partition coefficient (Wildman–Crippen LogP) is 7.40. The van der Waals surface area contributed by atoms with Crippen LogP contribution in [-0.2, 0) is 0 Å². The highest BCUT2D eigenvalue weighted by Gasteiger charge is 2.31. The third-order valence-electron chi connectivity index (χ3n) is 6.34. The van der Waals surface area contributed by atoms with Gasteiger partial charge >= 0.3 is 6.36 Å². The minimum absolute atomic E-state index is 0.276. The summed E-state index contributed by atoms with van der Waals surface area (Å²) in [5, 5.41) is 9.99. The van der Waals surface area contributed by atoms with Crippen molar-refractivity contribution in [2.75, 3.05) is 5.32 Å². The Morgan fingerprint density at radius 2 is 1.69 bits per heavy atom. The van der Waals surface area contributed by atoms with E-state index in [1.807, 2.05) is 73.9 Å². The number of hydrogen-bond acceptors (Lipinski definition) is 4. The molecule has 0 radical (unpaired) electrons. The number of alkyl halides is 3. The molecule has 0 saturated carbocycles. The number of hydrogen-bond donors (Lipinski definition) is 2. The van der Waals surface area contributed by atoms with Gasteiger partial charge in [-0.1, -0.05) is 36.4 Å². The Bertz CT molecular complexity index is 1710. The molecule has 0 unspecified atom stereocenters. The summed E-state index contributed by atoms with van der Waals surface area (Å²) in [4.78, 5) is 4.58.